The van der Waals surface area contributed by atoms with Crippen molar-refractivity contribution in [2.24, 2.45) is 0 Å². The van der Waals surface area contributed by atoms with Gasteiger partial charge < -0.3 is 5.32 Å². The van der Waals surface area contributed by atoms with Crippen molar-refractivity contribution in [1.82, 2.24) is 9.97 Å². The molecule has 0 bridgehead atoms. The van der Waals surface area contributed by atoms with Gasteiger partial charge >= 0.3 is 0 Å². The van der Waals surface area contributed by atoms with Crippen molar-refractivity contribution in [2.75, 3.05) is 11.9 Å². The summed E-state index contributed by atoms with van der Waals surface area (Å²) in [4.78, 5) is 9.65. The zero-order chi connectivity index (χ0) is 14.4. The molecule has 2 aromatic rings. The van der Waals surface area contributed by atoms with Crippen LogP contribution in [0.15, 0.2) is 35.5 Å². The maximum atomic E-state index is 6.12. The van der Waals surface area contributed by atoms with E-state index in [-0.39, 0.29) is 0 Å². The van der Waals surface area contributed by atoms with Crippen LogP contribution in [0, 0.1) is 0 Å². The van der Waals surface area contributed by atoms with Crippen molar-refractivity contribution >= 4 is 40.8 Å². The molecule has 0 aliphatic rings. The lowest BCUT2D eigenvalue weighted by molar-refractivity contribution is 0.960. The van der Waals surface area contributed by atoms with E-state index in [2.05, 4.69) is 22.2 Å². The monoisotopic (exact) mass is 327 g/mol. The van der Waals surface area contributed by atoms with Crippen LogP contribution in [0.3, 0.4) is 0 Å². The summed E-state index contributed by atoms with van der Waals surface area (Å²) in [6, 6.07) is 5.44. The standard InChI is InChI=1S/C14H15Cl2N3S/c1-2-5-17-14-8-18-11(7-19-14)9-20-13-6-10(15)3-4-12(13)16/h3-4,6-8H,2,5,9H2,1H3,(H,17,19). The van der Waals surface area contributed by atoms with E-state index in [0.717, 1.165) is 29.4 Å². The Labute approximate surface area is 133 Å². The third-order valence-electron chi connectivity index (χ3n) is 2.53. The Morgan fingerprint density at radius 3 is 2.75 bits per heavy atom. The molecule has 1 heterocycles. The van der Waals surface area contributed by atoms with E-state index in [9.17, 15) is 0 Å². The number of thioether (sulfide) groups is 1. The topological polar surface area (TPSA) is 37.8 Å². The first-order valence-corrected chi connectivity index (χ1v) is 8.06. The van der Waals surface area contributed by atoms with Crippen LogP contribution in [0.1, 0.15) is 19.0 Å². The number of anilines is 1. The van der Waals surface area contributed by atoms with Gasteiger partial charge in [0.05, 0.1) is 23.1 Å². The van der Waals surface area contributed by atoms with Gasteiger partial charge in [-0.2, -0.15) is 0 Å². The molecule has 0 aliphatic heterocycles. The molecule has 106 valence electrons. The van der Waals surface area contributed by atoms with Crippen molar-refractivity contribution in [3.8, 4) is 0 Å². The summed E-state index contributed by atoms with van der Waals surface area (Å²) in [5.41, 5.74) is 0.910. The highest BCUT2D eigenvalue weighted by molar-refractivity contribution is 7.98. The molecule has 1 N–H and O–H groups in total. The molecule has 0 amide bonds. The molecule has 20 heavy (non-hydrogen) atoms. The van der Waals surface area contributed by atoms with Gasteiger partial charge in [0.25, 0.3) is 0 Å². The number of nitrogens with zero attached hydrogens (tertiary/aromatic N) is 2. The van der Waals surface area contributed by atoms with Crippen LogP contribution in [0.4, 0.5) is 5.82 Å². The summed E-state index contributed by atoms with van der Waals surface area (Å²) in [6.07, 6.45) is 4.60. The molecule has 6 heteroatoms. The molecular formula is C14H15Cl2N3S. The minimum Gasteiger partial charge on any atom is -0.369 e. The summed E-state index contributed by atoms with van der Waals surface area (Å²) in [5.74, 6) is 1.52. The predicted molar refractivity (Wildman–Crippen MR) is 86.8 cm³/mol. The second-order valence-electron chi connectivity index (χ2n) is 4.18. The number of benzene rings is 1. The summed E-state index contributed by atoms with van der Waals surface area (Å²) in [7, 11) is 0. The van der Waals surface area contributed by atoms with E-state index in [1.807, 2.05) is 6.07 Å². The minimum absolute atomic E-state index is 0.682. The van der Waals surface area contributed by atoms with Gasteiger partial charge in [0, 0.05) is 22.2 Å². The lowest BCUT2D eigenvalue weighted by Crippen LogP contribution is -2.02. The van der Waals surface area contributed by atoms with Crippen molar-refractivity contribution in [3.05, 3.63) is 46.3 Å². The van der Waals surface area contributed by atoms with E-state index in [1.54, 1.807) is 36.3 Å². The number of nitrogens with one attached hydrogen (secondary N) is 1. The predicted octanol–water partition coefficient (Wildman–Crippen LogP) is 4.90. The van der Waals surface area contributed by atoms with Gasteiger partial charge in [0.2, 0.25) is 0 Å². The zero-order valence-corrected chi connectivity index (χ0v) is 13.4. The maximum Gasteiger partial charge on any atom is 0.144 e. The van der Waals surface area contributed by atoms with Crippen LogP contribution in [0.25, 0.3) is 0 Å². The highest BCUT2D eigenvalue weighted by Gasteiger charge is 2.04. The average Bonchev–Trinajstić information content (AvgIpc) is 2.47. The second-order valence-corrected chi connectivity index (χ2v) is 6.04. The summed E-state index contributed by atoms with van der Waals surface area (Å²) >= 11 is 13.7. The van der Waals surface area contributed by atoms with Crippen molar-refractivity contribution in [1.29, 1.82) is 0 Å². The van der Waals surface area contributed by atoms with Crippen LogP contribution >= 0.6 is 35.0 Å². The SMILES string of the molecule is CCCNc1cnc(CSc2cc(Cl)ccc2Cl)cn1. The first kappa shape index (κ1) is 15.4. The largest absolute Gasteiger partial charge is 0.369 e. The Kier molecular flexibility index (Phi) is 5.95. The number of aromatic nitrogens is 2. The highest BCUT2D eigenvalue weighted by atomic mass is 35.5. The molecule has 3 nitrogen and oxygen atoms in total. The van der Waals surface area contributed by atoms with Gasteiger partial charge in [-0.3, -0.25) is 4.98 Å². The molecule has 0 radical (unpaired) electrons. The molecule has 1 aromatic heterocycles. The van der Waals surface area contributed by atoms with Gasteiger partial charge in [0.15, 0.2) is 0 Å². The Morgan fingerprint density at radius 2 is 2.05 bits per heavy atom. The molecule has 0 saturated heterocycles. The smallest absolute Gasteiger partial charge is 0.144 e. The average molecular weight is 328 g/mol. The van der Waals surface area contributed by atoms with Crippen LogP contribution < -0.4 is 5.32 Å². The number of hydrogen-bond donors (Lipinski definition) is 1. The molecule has 0 aliphatic carbocycles. The Morgan fingerprint density at radius 1 is 1.20 bits per heavy atom. The molecule has 1 aromatic carbocycles. The normalized spacial score (nSPS) is 10.6. The fourth-order valence-electron chi connectivity index (χ4n) is 1.51. The highest BCUT2D eigenvalue weighted by Crippen LogP contribution is 2.31. The molecule has 0 unspecified atom stereocenters. The van der Waals surface area contributed by atoms with Crippen LogP contribution in [-0.2, 0) is 5.75 Å². The summed E-state index contributed by atoms with van der Waals surface area (Å²) in [6.45, 7) is 3.01. The van der Waals surface area contributed by atoms with Crippen LogP contribution in [0.2, 0.25) is 10.0 Å². The molecule has 2 rings (SSSR count). The van der Waals surface area contributed by atoms with E-state index >= 15 is 0 Å². The Balaban J connectivity index is 1.95. The number of hydrogen-bond acceptors (Lipinski definition) is 4. The lowest BCUT2D eigenvalue weighted by atomic mass is 10.4. The van der Waals surface area contributed by atoms with Gasteiger partial charge in [-0.1, -0.05) is 30.1 Å². The lowest BCUT2D eigenvalue weighted by Gasteiger charge is -2.06. The quantitative estimate of drug-likeness (QED) is 0.766. The molecular weight excluding hydrogens is 313 g/mol. The summed E-state index contributed by atoms with van der Waals surface area (Å²) < 4.78 is 0. The van der Waals surface area contributed by atoms with Gasteiger partial charge in [0.1, 0.15) is 5.82 Å². The van der Waals surface area contributed by atoms with Gasteiger partial charge in [-0.25, -0.2) is 4.98 Å². The van der Waals surface area contributed by atoms with Crippen LogP contribution in [-0.4, -0.2) is 16.5 Å². The van der Waals surface area contributed by atoms with Crippen molar-refractivity contribution < 1.29 is 0 Å². The van der Waals surface area contributed by atoms with Gasteiger partial charge in [-0.15, -0.1) is 11.8 Å². The number of rotatable bonds is 6. The number of halogens is 2. The fraction of sp³-hybridized carbons (Fsp3) is 0.286. The van der Waals surface area contributed by atoms with Crippen molar-refractivity contribution in [3.63, 3.8) is 0 Å². The molecule has 0 spiro atoms. The third kappa shape index (κ3) is 4.54. The second kappa shape index (κ2) is 7.72. The fourth-order valence-corrected chi connectivity index (χ4v) is 2.90. The van der Waals surface area contributed by atoms with E-state index in [1.165, 1.54) is 0 Å². The van der Waals surface area contributed by atoms with Gasteiger partial charge in [-0.05, 0) is 24.6 Å². The van der Waals surface area contributed by atoms with Crippen molar-refractivity contribution in [2.45, 2.75) is 24.0 Å². The molecule has 0 saturated carbocycles. The molecule has 0 atom stereocenters. The van der Waals surface area contributed by atoms with E-state index in [4.69, 9.17) is 23.2 Å². The first-order chi connectivity index (χ1) is 9.69. The maximum absolute atomic E-state index is 6.12. The Hall–Kier alpha value is -0.970. The summed E-state index contributed by atoms with van der Waals surface area (Å²) in [5, 5.41) is 4.58. The van der Waals surface area contributed by atoms with Crippen LogP contribution in [0.5, 0.6) is 0 Å². The zero-order valence-electron chi connectivity index (χ0n) is 11.1. The van der Waals surface area contributed by atoms with E-state index in [0.29, 0.717) is 15.8 Å². The third-order valence-corrected chi connectivity index (χ3v) is 4.30. The first-order valence-electron chi connectivity index (χ1n) is 6.31. The molecule has 0 fully saturated rings. The minimum atomic E-state index is 0.682. The van der Waals surface area contributed by atoms with E-state index < -0.39 is 0 Å². The Bertz CT molecular complexity index is 561.